The number of anilines is 1. The zero-order valence-corrected chi connectivity index (χ0v) is 17.0. The van der Waals surface area contributed by atoms with Crippen molar-refractivity contribution in [3.8, 4) is 11.3 Å². The Balaban J connectivity index is 0.00000240. The van der Waals surface area contributed by atoms with Crippen LogP contribution >= 0.6 is 0 Å². The fraction of sp³-hybridized carbons (Fsp3) is 0.400. The number of pyridine rings is 1. The molecule has 0 bridgehead atoms. The number of nitrogens with zero attached hydrogens (tertiary/aromatic N) is 3. The van der Waals surface area contributed by atoms with Crippen LogP contribution in [0.1, 0.15) is 33.8 Å². The predicted molar refractivity (Wildman–Crippen MR) is 123 cm³/mol. The standard InChI is InChI=1S/C24H29N3O.CH4/c1-4-26-13-15-27(16-14-26)23-21-8-6-5-7-19(21)17-22(25-23)18-9-11-20(12-10-18)24(2,3)28;/h5-12,17,28H,4,13-16H2,1-3H3;1H4. The second kappa shape index (κ2) is 8.52. The van der Waals surface area contributed by atoms with Crippen LogP contribution in [0.2, 0.25) is 0 Å². The fourth-order valence-electron chi connectivity index (χ4n) is 3.89. The molecule has 0 spiro atoms. The quantitative estimate of drug-likeness (QED) is 0.686. The van der Waals surface area contributed by atoms with Crippen molar-refractivity contribution >= 4 is 16.6 Å². The van der Waals surface area contributed by atoms with Crippen molar-refractivity contribution in [1.82, 2.24) is 9.88 Å². The molecular formula is C25H33N3O. The van der Waals surface area contributed by atoms with Gasteiger partial charge in [-0.05, 0) is 37.4 Å². The van der Waals surface area contributed by atoms with Crippen LogP contribution in [0.5, 0.6) is 0 Å². The molecule has 0 amide bonds. The van der Waals surface area contributed by atoms with Gasteiger partial charge < -0.3 is 14.9 Å². The number of aromatic nitrogens is 1. The van der Waals surface area contributed by atoms with Gasteiger partial charge in [0.25, 0.3) is 0 Å². The Bertz CT molecular complexity index is 952. The Morgan fingerprint density at radius 1 is 0.966 bits per heavy atom. The first-order valence-electron chi connectivity index (χ1n) is 10.2. The first-order chi connectivity index (χ1) is 13.5. The average molecular weight is 392 g/mol. The number of hydrogen-bond acceptors (Lipinski definition) is 4. The maximum atomic E-state index is 10.2. The Kier molecular flexibility index (Phi) is 6.25. The van der Waals surface area contributed by atoms with Gasteiger partial charge in [0.15, 0.2) is 0 Å². The zero-order valence-electron chi connectivity index (χ0n) is 17.0. The molecule has 1 saturated heterocycles. The molecule has 1 aromatic heterocycles. The molecule has 29 heavy (non-hydrogen) atoms. The maximum Gasteiger partial charge on any atom is 0.137 e. The molecule has 4 heteroatoms. The molecule has 0 radical (unpaired) electrons. The van der Waals surface area contributed by atoms with Crippen molar-refractivity contribution in [2.75, 3.05) is 37.6 Å². The minimum absolute atomic E-state index is 0. The number of hydrogen-bond donors (Lipinski definition) is 1. The largest absolute Gasteiger partial charge is 0.386 e. The number of benzene rings is 2. The maximum absolute atomic E-state index is 10.2. The number of rotatable bonds is 4. The lowest BCUT2D eigenvalue weighted by Crippen LogP contribution is -2.46. The third-order valence-electron chi connectivity index (χ3n) is 5.73. The molecule has 3 aromatic rings. The second-order valence-corrected chi connectivity index (χ2v) is 8.11. The monoisotopic (exact) mass is 391 g/mol. The van der Waals surface area contributed by atoms with Crippen LogP contribution in [0, 0.1) is 0 Å². The number of fused-ring (bicyclic) bond motifs is 1. The van der Waals surface area contributed by atoms with Gasteiger partial charge in [-0.15, -0.1) is 0 Å². The summed E-state index contributed by atoms with van der Waals surface area (Å²) in [6.45, 7) is 11.1. The first kappa shape index (κ1) is 21.3. The molecule has 0 aliphatic carbocycles. The molecule has 0 saturated carbocycles. The summed E-state index contributed by atoms with van der Waals surface area (Å²) < 4.78 is 0. The van der Waals surface area contributed by atoms with Gasteiger partial charge in [0.05, 0.1) is 11.3 Å². The normalized spacial score (nSPS) is 15.4. The van der Waals surface area contributed by atoms with E-state index in [1.807, 2.05) is 26.0 Å². The van der Waals surface area contributed by atoms with Crippen molar-refractivity contribution < 1.29 is 5.11 Å². The third-order valence-corrected chi connectivity index (χ3v) is 5.73. The summed E-state index contributed by atoms with van der Waals surface area (Å²) in [5.41, 5.74) is 2.13. The van der Waals surface area contributed by atoms with Gasteiger partial charge in [0.1, 0.15) is 5.82 Å². The Labute approximate surface area is 174 Å². The highest BCUT2D eigenvalue weighted by molar-refractivity contribution is 5.95. The van der Waals surface area contributed by atoms with Crippen molar-refractivity contribution in [3.05, 3.63) is 60.2 Å². The van der Waals surface area contributed by atoms with E-state index in [-0.39, 0.29) is 7.43 Å². The zero-order chi connectivity index (χ0) is 19.7. The number of likely N-dealkylation sites (N-methyl/N-ethyl adjacent to an activating group) is 1. The molecule has 4 nitrogen and oxygen atoms in total. The lowest BCUT2D eigenvalue weighted by molar-refractivity contribution is 0.0786. The first-order valence-corrected chi connectivity index (χ1v) is 10.2. The van der Waals surface area contributed by atoms with Gasteiger partial charge >= 0.3 is 0 Å². The van der Waals surface area contributed by atoms with Gasteiger partial charge in [-0.25, -0.2) is 4.98 Å². The van der Waals surface area contributed by atoms with Crippen LogP contribution in [-0.2, 0) is 5.60 Å². The van der Waals surface area contributed by atoms with Crippen LogP contribution in [0.25, 0.3) is 22.0 Å². The van der Waals surface area contributed by atoms with E-state index in [0.717, 1.165) is 55.4 Å². The molecule has 1 aliphatic rings. The van der Waals surface area contributed by atoms with Crippen molar-refractivity contribution in [2.45, 2.75) is 33.8 Å². The van der Waals surface area contributed by atoms with Gasteiger partial charge in [-0.3, -0.25) is 0 Å². The summed E-state index contributed by atoms with van der Waals surface area (Å²) in [6, 6.07) is 18.8. The molecule has 0 unspecified atom stereocenters. The van der Waals surface area contributed by atoms with E-state index in [4.69, 9.17) is 4.98 Å². The van der Waals surface area contributed by atoms with E-state index in [9.17, 15) is 5.11 Å². The van der Waals surface area contributed by atoms with E-state index < -0.39 is 5.60 Å². The SMILES string of the molecule is C.CCN1CCN(c2nc(-c3ccc(C(C)(C)O)cc3)cc3ccccc23)CC1. The summed E-state index contributed by atoms with van der Waals surface area (Å²) >= 11 is 0. The molecule has 2 heterocycles. The summed E-state index contributed by atoms with van der Waals surface area (Å²) in [7, 11) is 0. The topological polar surface area (TPSA) is 39.6 Å². The molecule has 4 rings (SSSR count). The summed E-state index contributed by atoms with van der Waals surface area (Å²) in [6.07, 6.45) is 0. The van der Waals surface area contributed by atoms with Gasteiger partial charge in [0, 0.05) is 37.1 Å². The average Bonchev–Trinajstić information content (AvgIpc) is 2.72. The summed E-state index contributed by atoms with van der Waals surface area (Å²) in [5.74, 6) is 1.08. The van der Waals surface area contributed by atoms with Crippen molar-refractivity contribution in [3.63, 3.8) is 0 Å². The molecule has 0 atom stereocenters. The number of piperazine rings is 1. The van der Waals surface area contributed by atoms with Crippen LogP contribution in [-0.4, -0.2) is 47.7 Å². The molecule has 1 N–H and O–H groups in total. The Morgan fingerprint density at radius 2 is 1.62 bits per heavy atom. The van der Waals surface area contributed by atoms with Crippen LogP contribution in [0.3, 0.4) is 0 Å². The van der Waals surface area contributed by atoms with E-state index >= 15 is 0 Å². The van der Waals surface area contributed by atoms with Crippen LogP contribution in [0.15, 0.2) is 54.6 Å². The van der Waals surface area contributed by atoms with Gasteiger partial charge in [-0.2, -0.15) is 0 Å². The lowest BCUT2D eigenvalue weighted by atomic mass is 9.96. The van der Waals surface area contributed by atoms with Gasteiger partial charge in [0.2, 0.25) is 0 Å². The number of aliphatic hydroxyl groups is 1. The van der Waals surface area contributed by atoms with E-state index in [1.165, 1.54) is 10.8 Å². The molecule has 2 aromatic carbocycles. The fourth-order valence-corrected chi connectivity index (χ4v) is 3.89. The van der Waals surface area contributed by atoms with Crippen LogP contribution < -0.4 is 4.90 Å². The Morgan fingerprint density at radius 3 is 2.24 bits per heavy atom. The minimum Gasteiger partial charge on any atom is -0.386 e. The van der Waals surface area contributed by atoms with E-state index in [0.29, 0.717) is 0 Å². The predicted octanol–water partition coefficient (Wildman–Crippen LogP) is 4.91. The lowest BCUT2D eigenvalue weighted by Gasteiger charge is -2.35. The van der Waals surface area contributed by atoms with E-state index in [1.54, 1.807) is 0 Å². The Hall–Kier alpha value is -2.43. The summed E-state index contributed by atoms with van der Waals surface area (Å²) in [4.78, 5) is 9.99. The smallest absolute Gasteiger partial charge is 0.137 e. The van der Waals surface area contributed by atoms with Gasteiger partial charge in [-0.1, -0.05) is 62.9 Å². The van der Waals surface area contributed by atoms with Crippen molar-refractivity contribution in [1.29, 1.82) is 0 Å². The highest BCUT2D eigenvalue weighted by Gasteiger charge is 2.20. The third kappa shape index (κ3) is 4.44. The second-order valence-electron chi connectivity index (χ2n) is 8.11. The molecule has 154 valence electrons. The highest BCUT2D eigenvalue weighted by Crippen LogP contribution is 2.31. The highest BCUT2D eigenvalue weighted by atomic mass is 16.3. The molecule has 1 aliphatic heterocycles. The minimum atomic E-state index is -0.834. The van der Waals surface area contributed by atoms with Crippen molar-refractivity contribution in [2.24, 2.45) is 0 Å². The van der Waals surface area contributed by atoms with E-state index in [2.05, 4.69) is 59.2 Å². The molecular weight excluding hydrogens is 358 g/mol. The molecule has 1 fully saturated rings. The van der Waals surface area contributed by atoms with Crippen LogP contribution in [0.4, 0.5) is 5.82 Å². The summed E-state index contributed by atoms with van der Waals surface area (Å²) in [5, 5.41) is 12.6.